The maximum absolute atomic E-state index is 12.9. The number of aromatic nitrogens is 3. The van der Waals surface area contributed by atoms with Gasteiger partial charge in [0.1, 0.15) is 5.76 Å². The molecular formula is C24H33N5O2. The number of nitrogens with zero attached hydrogens (tertiary/aromatic N) is 5. The van der Waals surface area contributed by atoms with Crippen molar-refractivity contribution >= 4 is 16.8 Å². The number of rotatable bonds is 5. The lowest BCUT2D eigenvalue weighted by Gasteiger charge is -2.21. The van der Waals surface area contributed by atoms with E-state index in [1.54, 1.807) is 0 Å². The predicted octanol–water partition coefficient (Wildman–Crippen LogP) is 3.75. The normalized spacial score (nSPS) is 16.1. The summed E-state index contributed by atoms with van der Waals surface area (Å²) in [6.45, 7) is 13.0. The Morgan fingerprint density at radius 3 is 2.71 bits per heavy atom. The average Bonchev–Trinajstić information content (AvgIpc) is 3.25. The van der Waals surface area contributed by atoms with Crippen molar-refractivity contribution in [2.75, 3.05) is 26.2 Å². The van der Waals surface area contributed by atoms with Crippen molar-refractivity contribution < 1.29 is 9.21 Å². The van der Waals surface area contributed by atoms with Gasteiger partial charge in [-0.3, -0.25) is 14.4 Å². The lowest BCUT2D eigenvalue weighted by molar-refractivity contribution is -0.131. The Kier molecular flexibility index (Phi) is 6.14. The van der Waals surface area contributed by atoms with Crippen LogP contribution in [0, 0.1) is 6.92 Å². The Morgan fingerprint density at radius 1 is 1.13 bits per heavy atom. The van der Waals surface area contributed by atoms with E-state index in [4.69, 9.17) is 4.42 Å². The van der Waals surface area contributed by atoms with Gasteiger partial charge in [-0.25, -0.2) is 4.98 Å². The van der Waals surface area contributed by atoms with E-state index in [1.807, 2.05) is 34.8 Å². The second-order valence-electron chi connectivity index (χ2n) is 9.45. The fourth-order valence-electron chi connectivity index (χ4n) is 4.12. The molecule has 3 heterocycles. The molecule has 3 aromatic rings. The van der Waals surface area contributed by atoms with E-state index in [0.717, 1.165) is 60.8 Å². The molecule has 0 saturated carbocycles. The van der Waals surface area contributed by atoms with Gasteiger partial charge in [-0.1, -0.05) is 39.0 Å². The molecule has 1 aromatic carbocycles. The maximum Gasteiger partial charge on any atom is 0.224 e. The van der Waals surface area contributed by atoms with E-state index in [2.05, 4.69) is 47.9 Å². The summed E-state index contributed by atoms with van der Waals surface area (Å²) in [7, 11) is 0. The van der Waals surface area contributed by atoms with Crippen LogP contribution in [0.15, 0.2) is 34.9 Å². The first-order valence-electron chi connectivity index (χ1n) is 11.2. The summed E-state index contributed by atoms with van der Waals surface area (Å²) in [6.07, 6.45) is 3.27. The van der Waals surface area contributed by atoms with Gasteiger partial charge in [-0.15, -0.1) is 0 Å². The summed E-state index contributed by atoms with van der Waals surface area (Å²) in [5.74, 6) is 1.87. The molecule has 2 aromatic heterocycles. The van der Waals surface area contributed by atoms with Crippen LogP contribution in [0.25, 0.3) is 10.9 Å². The van der Waals surface area contributed by atoms with Crippen LogP contribution < -0.4 is 0 Å². The zero-order chi connectivity index (χ0) is 22.0. The van der Waals surface area contributed by atoms with Crippen molar-refractivity contribution in [2.45, 2.75) is 59.0 Å². The Labute approximate surface area is 184 Å². The summed E-state index contributed by atoms with van der Waals surface area (Å²) in [5, 5.41) is 5.78. The quantitative estimate of drug-likeness (QED) is 0.625. The topological polar surface area (TPSA) is 67.4 Å². The molecule has 1 amide bonds. The summed E-state index contributed by atoms with van der Waals surface area (Å²) >= 11 is 0. The highest BCUT2D eigenvalue weighted by Gasteiger charge is 2.23. The third-order valence-corrected chi connectivity index (χ3v) is 5.97. The number of fused-ring (bicyclic) bond motifs is 1. The summed E-state index contributed by atoms with van der Waals surface area (Å²) in [6, 6.07) is 8.19. The van der Waals surface area contributed by atoms with Gasteiger partial charge in [0.15, 0.2) is 0 Å². The predicted molar refractivity (Wildman–Crippen MR) is 121 cm³/mol. The van der Waals surface area contributed by atoms with Crippen molar-refractivity contribution in [3.8, 4) is 0 Å². The molecule has 1 aliphatic rings. The van der Waals surface area contributed by atoms with Crippen LogP contribution in [-0.4, -0.2) is 56.7 Å². The number of hydrogen-bond acceptors (Lipinski definition) is 5. The largest absolute Gasteiger partial charge is 0.444 e. The van der Waals surface area contributed by atoms with Crippen LogP contribution in [0.1, 0.15) is 51.0 Å². The molecule has 0 unspecified atom stereocenters. The van der Waals surface area contributed by atoms with Crippen molar-refractivity contribution in [1.29, 1.82) is 0 Å². The Bertz CT molecular complexity index is 1050. The van der Waals surface area contributed by atoms with Gasteiger partial charge in [0, 0.05) is 43.4 Å². The van der Waals surface area contributed by atoms with Crippen molar-refractivity contribution in [1.82, 2.24) is 24.6 Å². The van der Waals surface area contributed by atoms with Crippen LogP contribution in [0.3, 0.4) is 0 Å². The lowest BCUT2D eigenvalue weighted by Crippen LogP contribution is -2.35. The van der Waals surface area contributed by atoms with Crippen LogP contribution in [-0.2, 0) is 23.3 Å². The molecule has 31 heavy (non-hydrogen) atoms. The van der Waals surface area contributed by atoms with Crippen LogP contribution in [0.2, 0.25) is 0 Å². The van der Waals surface area contributed by atoms with Gasteiger partial charge in [0.2, 0.25) is 11.8 Å². The van der Waals surface area contributed by atoms with Gasteiger partial charge in [0.05, 0.1) is 30.5 Å². The van der Waals surface area contributed by atoms with E-state index in [-0.39, 0.29) is 11.3 Å². The van der Waals surface area contributed by atoms with E-state index in [0.29, 0.717) is 19.5 Å². The third-order valence-electron chi connectivity index (χ3n) is 5.97. The summed E-state index contributed by atoms with van der Waals surface area (Å²) < 4.78 is 7.91. The minimum absolute atomic E-state index is 0.0360. The zero-order valence-electron chi connectivity index (χ0n) is 19.1. The highest BCUT2D eigenvalue weighted by atomic mass is 16.4. The standard InChI is InChI=1S/C24H33N5O2/c1-18-19-8-5-6-9-20(19)29(26-18)13-10-23(30)28-12-7-11-27(14-15-28)17-22-25-16-21(31-22)24(2,3)4/h5-6,8-9,16H,7,10-15,17H2,1-4H3. The molecule has 7 heteroatoms. The Balaban J connectivity index is 1.31. The number of para-hydroxylation sites is 1. The molecular weight excluding hydrogens is 390 g/mol. The Morgan fingerprint density at radius 2 is 1.94 bits per heavy atom. The molecule has 0 atom stereocenters. The van der Waals surface area contributed by atoms with Crippen LogP contribution in [0.5, 0.6) is 0 Å². The van der Waals surface area contributed by atoms with Gasteiger partial charge < -0.3 is 9.32 Å². The highest BCUT2D eigenvalue weighted by Crippen LogP contribution is 2.23. The van der Waals surface area contributed by atoms with Crippen molar-refractivity contribution in [3.05, 3.63) is 47.8 Å². The number of hydrogen-bond donors (Lipinski definition) is 0. The van der Waals surface area contributed by atoms with Crippen molar-refractivity contribution in [3.63, 3.8) is 0 Å². The second kappa shape index (κ2) is 8.83. The van der Waals surface area contributed by atoms with E-state index in [9.17, 15) is 4.79 Å². The minimum atomic E-state index is -0.0360. The molecule has 0 radical (unpaired) electrons. The molecule has 4 rings (SSSR count). The molecule has 7 nitrogen and oxygen atoms in total. The van der Waals surface area contributed by atoms with Gasteiger partial charge >= 0.3 is 0 Å². The number of oxazole rings is 1. The number of amides is 1. The maximum atomic E-state index is 12.9. The molecule has 0 aliphatic carbocycles. The average molecular weight is 424 g/mol. The third kappa shape index (κ3) is 4.98. The lowest BCUT2D eigenvalue weighted by atomic mass is 9.94. The fourth-order valence-corrected chi connectivity index (χ4v) is 4.12. The molecule has 0 spiro atoms. The van der Waals surface area contributed by atoms with E-state index < -0.39 is 0 Å². The summed E-state index contributed by atoms with van der Waals surface area (Å²) in [4.78, 5) is 21.7. The summed E-state index contributed by atoms with van der Waals surface area (Å²) in [5.41, 5.74) is 2.07. The SMILES string of the molecule is Cc1nn(CCC(=O)N2CCCN(Cc3ncc(C(C)(C)C)o3)CC2)c2ccccc12. The molecule has 166 valence electrons. The smallest absolute Gasteiger partial charge is 0.224 e. The zero-order valence-corrected chi connectivity index (χ0v) is 19.1. The second-order valence-corrected chi connectivity index (χ2v) is 9.45. The van der Waals surface area contributed by atoms with E-state index in [1.165, 1.54) is 0 Å². The van der Waals surface area contributed by atoms with Crippen LogP contribution in [0.4, 0.5) is 0 Å². The van der Waals surface area contributed by atoms with Gasteiger partial charge in [0.25, 0.3) is 0 Å². The monoisotopic (exact) mass is 423 g/mol. The van der Waals surface area contributed by atoms with Gasteiger partial charge in [-0.2, -0.15) is 5.10 Å². The first-order valence-corrected chi connectivity index (χ1v) is 11.2. The van der Waals surface area contributed by atoms with Crippen molar-refractivity contribution in [2.24, 2.45) is 0 Å². The number of carbonyl (C=O) groups is 1. The fraction of sp³-hybridized carbons (Fsp3) is 0.542. The molecule has 0 N–H and O–H groups in total. The first kappa shape index (κ1) is 21.6. The number of benzene rings is 1. The van der Waals surface area contributed by atoms with Crippen LogP contribution >= 0.6 is 0 Å². The molecule has 0 bridgehead atoms. The van der Waals surface area contributed by atoms with E-state index >= 15 is 0 Å². The number of carbonyl (C=O) groups excluding carboxylic acids is 1. The Hall–Kier alpha value is -2.67. The molecule has 1 aliphatic heterocycles. The highest BCUT2D eigenvalue weighted by molar-refractivity contribution is 5.82. The van der Waals surface area contributed by atoms with Gasteiger partial charge in [-0.05, 0) is 19.4 Å². The minimum Gasteiger partial charge on any atom is -0.444 e. The molecule has 1 fully saturated rings. The number of aryl methyl sites for hydroxylation is 2. The molecule has 1 saturated heterocycles. The first-order chi connectivity index (χ1) is 14.8.